The van der Waals surface area contributed by atoms with E-state index in [2.05, 4.69) is 31.2 Å². The highest BCUT2D eigenvalue weighted by Gasteiger charge is 2.04. The molecule has 1 heteroatoms. The molecule has 0 radical (unpaired) electrons. The van der Waals surface area contributed by atoms with Crippen molar-refractivity contribution in [2.75, 3.05) is 12.4 Å². The summed E-state index contributed by atoms with van der Waals surface area (Å²) < 4.78 is 0. The van der Waals surface area contributed by atoms with Gasteiger partial charge in [-0.2, -0.15) is 0 Å². The van der Waals surface area contributed by atoms with Crippen LogP contribution in [0.15, 0.2) is 12.1 Å². The van der Waals surface area contributed by atoms with Gasteiger partial charge >= 0.3 is 0 Å². The normalized spacial score (nSPS) is 9.38. The molecule has 13 heavy (non-hydrogen) atoms. The molecule has 0 aromatic heterocycles. The maximum absolute atomic E-state index is 5.43. The standard InChI is InChI=1S/C12H15N/c1-5-10-7-9(3)8-11(6-2)12(10)13-4/h1,7-8,13H,6H2,2-4H3. The molecule has 0 aliphatic carbocycles. The summed E-state index contributed by atoms with van der Waals surface area (Å²) in [5, 5.41) is 3.15. The average molecular weight is 173 g/mol. The van der Waals surface area contributed by atoms with Crippen LogP contribution in [0.5, 0.6) is 0 Å². The minimum atomic E-state index is 0.958. The Morgan fingerprint density at radius 2 is 2.15 bits per heavy atom. The number of benzene rings is 1. The van der Waals surface area contributed by atoms with Crippen molar-refractivity contribution in [2.24, 2.45) is 0 Å². The lowest BCUT2D eigenvalue weighted by Gasteiger charge is -2.11. The lowest BCUT2D eigenvalue weighted by atomic mass is 10.0. The van der Waals surface area contributed by atoms with Gasteiger partial charge in [0, 0.05) is 12.6 Å². The van der Waals surface area contributed by atoms with E-state index in [4.69, 9.17) is 6.42 Å². The minimum Gasteiger partial charge on any atom is -0.387 e. The van der Waals surface area contributed by atoms with Crippen molar-refractivity contribution in [3.63, 3.8) is 0 Å². The van der Waals surface area contributed by atoms with Gasteiger partial charge in [0.05, 0.1) is 5.69 Å². The lowest BCUT2D eigenvalue weighted by molar-refractivity contribution is 1.13. The average Bonchev–Trinajstić information content (AvgIpc) is 2.16. The second-order valence-electron chi connectivity index (χ2n) is 3.09. The summed E-state index contributed by atoms with van der Waals surface area (Å²) in [6.45, 7) is 4.20. The predicted molar refractivity (Wildman–Crippen MR) is 58.0 cm³/mol. The summed E-state index contributed by atoms with van der Waals surface area (Å²) in [5.74, 6) is 2.70. The van der Waals surface area contributed by atoms with Gasteiger partial charge in [0.25, 0.3) is 0 Å². The quantitative estimate of drug-likeness (QED) is 0.678. The van der Waals surface area contributed by atoms with E-state index >= 15 is 0 Å². The topological polar surface area (TPSA) is 12.0 Å². The molecule has 68 valence electrons. The molecule has 0 saturated carbocycles. The van der Waals surface area contributed by atoms with E-state index in [1.807, 2.05) is 13.1 Å². The molecule has 0 aliphatic rings. The third-order valence-electron chi connectivity index (χ3n) is 2.15. The highest BCUT2D eigenvalue weighted by Crippen LogP contribution is 2.22. The van der Waals surface area contributed by atoms with E-state index in [1.54, 1.807) is 0 Å². The van der Waals surface area contributed by atoms with Crippen molar-refractivity contribution in [2.45, 2.75) is 20.3 Å². The molecule has 0 heterocycles. The summed E-state index contributed by atoms with van der Waals surface area (Å²) in [6, 6.07) is 4.21. The van der Waals surface area contributed by atoms with Crippen molar-refractivity contribution < 1.29 is 0 Å². The van der Waals surface area contributed by atoms with E-state index in [1.165, 1.54) is 11.1 Å². The van der Waals surface area contributed by atoms with E-state index in [0.717, 1.165) is 17.7 Å². The molecule has 0 aliphatic heterocycles. The molecule has 1 N–H and O–H groups in total. The smallest absolute Gasteiger partial charge is 0.0529 e. The van der Waals surface area contributed by atoms with E-state index < -0.39 is 0 Å². The molecule has 0 fully saturated rings. The highest BCUT2D eigenvalue weighted by atomic mass is 14.8. The third-order valence-corrected chi connectivity index (χ3v) is 2.15. The van der Waals surface area contributed by atoms with Crippen LogP contribution in [-0.2, 0) is 6.42 Å². The van der Waals surface area contributed by atoms with Crippen molar-refractivity contribution in [3.05, 3.63) is 28.8 Å². The molecule has 1 aromatic carbocycles. The maximum Gasteiger partial charge on any atom is 0.0529 e. The number of nitrogens with one attached hydrogen (secondary N) is 1. The molecule has 1 aromatic rings. The minimum absolute atomic E-state index is 0.958. The van der Waals surface area contributed by atoms with Gasteiger partial charge in [-0.1, -0.05) is 18.9 Å². The summed E-state index contributed by atoms with van der Waals surface area (Å²) in [4.78, 5) is 0. The molecule has 0 bridgehead atoms. The summed E-state index contributed by atoms with van der Waals surface area (Å²) in [6.07, 6.45) is 6.44. The maximum atomic E-state index is 5.43. The van der Waals surface area contributed by atoms with Crippen LogP contribution < -0.4 is 5.32 Å². The van der Waals surface area contributed by atoms with Gasteiger partial charge in [-0.3, -0.25) is 0 Å². The van der Waals surface area contributed by atoms with Crippen LogP contribution >= 0.6 is 0 Å². The van der Waals surface area contributed by atoms with Crippen LogP contribution in [-0.4, -0.2) is 7.05 Å². The van der Waals surface area contributed by atoms with Gasteiger partial charge in [0.1, 0.15) is 0 Å². The SMILES string of the molecule is C#Cc1cc(C)cc(CC)c1NC. The molecular formula is C12H15N. The Labute approximate surface area is 80.2 Å². The fraction of sp³-hybridized carbons (Fsp3) is 0.333. The van der Waals surface area contributed by atoms with E-state index in [-0.39, 0.29) is 0 Å². The van der Waals surface area contributed by atoms with Crippen LogP contribution in [0.4, 0.5) is 5.69 Å². The Morgan fingerprint density at radius 1 is 1.46 bits per heavy atom. The largest absolute Gasteiger partial charge is 0.387 e. The van der Waals surface area contributed by atoms with E-state index in [0.29, 0.717) is 0 Å². The van der Waals surface area contributed by atoms with Crippen molar-refractivity contribution >= 4 is 5.69 Å². The Kier molecular flexibility index (Phi) is 2.97. The molecule has 0 spiro atoms. The van der Waals surface area contributed by atoms with Crippen molar-refractivity contribution in [1.82, 2.24) is 0 Å². The first kappa shape index (κ1) is 9.67. The summed E-state index contributed by atoms with van der Waals surface area (Å²) in [7, 11) is 1.91. The van der Waals surface area contributed by atoms with Gasteiger partial charge in [-0.05, 0) is 30.5 Å². The zero-order valence-electron chi connectivity index (χ0n) is 8.44. The molecular weight excluding hydrogens is 158 g/mol. The summed E-state index contributed by atoms with van der Waals surface area (Å²) in [5.41, 5.74) is 4.56. The molecule has 0 saturated heterocycles. The first-order valence-electron chi connectivity index (χ1n) is 4.50. The number of anilines is 1. The first-order chi connectivity index (χ1) is 6.22. The number of rotatable bonds is 2. The number of hydrogen-bond acceptors (Lipinski definition) is 1. The Hall–Kier alpha value is -1.42. The number of terminal acetylenes is 1. The summed E-state index contributed by atoms with van der Waals surface area (Å²) >= 11 is 0. The fourth-order valence-corrected chi connectivity index (χ4v) is 1.55. The molecule has 0 unspecified atom stereocenters. The molecule has 0 atom stereocenters. The first-order valence-corrected chi connectivity index (χ1v) is 4.50. The van der Waals surface area contributed by atoms with Crippen LogP contribution in [0, 0.1) is 19.3 Å². The Balaban J connectivity index is 3.36. The lowest BCUT2D eigenvalue weighted by Crippen LogP contribution is -1.98. The molecule has 1 nitrogen and oxygen atoms in total. The van der Waals surface area contributed by atoms with Crippen LogP contribution in [0.3, 0.4) is 0 Å². The van der Waals surface area contributed by atoms with Gasteiger partial charge in [0.2, 0.25) is 0 Å². The third kappa shape index (κ3) is 1.84. The zero-order valence-corrected chi connectivity index (χ0v) is 8.44. The Bertz CT molecular complexity index is 345. The van der Waals surface area contributed by atoms with Gasteiger partial charge in [-0.25, -0.2) is 0 Å². The van der Waals surface area contributed by atoms with E-state index in [9.17, 15) is 0 Å². The number of hydrogen-bond donors (Lipinski definition) is 1. The predicted octanol–water partition coefficient (Wildman–Crippen LogP) is 2.58. The van der Waals surface area contributed by atoms with Gasteiger partial charge in [-0.15, -0.1) is 6.42 Å². The van der Waals surface area contributed by atoms with Gasteiger partial charge in [0.15, 0.2) is 0 Å². The second kappa shape index (κ2) is 4.00. The number of aryl methyl sites for hydroxylation is 2. The van der Waals surface area contributed by atoms with Crippen LogP contribution in [0.25, 0.3) is 0 Å². The Morgan fingerprint density at radius 3 is 2.62 bits per heavy atom. The highest BCUT2D eigenvalue weighted by molar-refractivity contribution is 5.64. The van der Waals surface area contributed by atoms with Gasteiger partial charge < -0.3 is 5.32 Å². The molecule has 0 amide bonds. The van der Waals surface area contributed by atoms with Crippen molar-refractivity contribution in [1.29, 1.82) is 0 Å². The van der Waals surface area contributed by atoms with Crippen LogP contribution in [0.1, 0.15) is 23.6 Å². The van der Waals surface area contributed by atoms with Crippen LogP contribution in [0.2, 0.25) is 0 Å². The molecule has 1 rings (SSSR count). The second-order valence-corrected chi connectivity index (χ2v) is 3.09. The fourth-order valence-electron chi connectivity index (χ4n) is 1.55. The van der Waals surface area contributed by atoms with Crippen molar-refractivity contribution in [3.8, 4) is 12.3 Å². The zero-order chi connectivity index (χ0) is 9.84. The monoisotopic (exact) mass is 173 g/mol.